The Hall–Kier alpha value is -0.930. The van der Waals surface area contributed by atoms with Crippen LogP contribution in [0.1, 0.15) is 18.1 Å². The summed E-state index contributed by atoms with van der Waals surface area (Å²) >= 11 is 0. The molecule has 14 heavy (non-hydrogen) atoms. The van der Waals surface area contributed by atoms with Gasteiger partial charge in [0.25, 0.3) is 0 Å². The normalized spacial score (nSPS) is 13.2. The number of rotatable bonds is 4. The summed E-state index contributed by atoms with van der Waals surface area (Å²) in [5.41, 5.74) is 0.645. The maximum absolute atomic E-state index is 12.8. The quantitative estimate of drug-likeness (QED) is 0.795. The average Bonchev–Trinajstić information content (AvgIpc) is 2.14. The summed E-state index contributed by atoms with van der Waals surface area (Å²) in [4.78, 5) is 1.99. The molecular formula is C11H16FNO. The lowest BCUT2D eigenvalue weighted by Crippen LogP contribution is -2.15. The Balaban J connectivity index is 2.56. The molecule has 0 spiro atoms. The lowest BCUT2D eigenvalue weighted by molar-refractivity contribution is 0.154. The molecule has 0 fully saturated rings. The van der Waals surface area contributed by atoms with Crippen molar-refractivity contribution in [2.24, 2.45) is 0 Å². The fraction of sp³-hybridized carbons (Fsp3) is 0.455. The van der Waals surface area contributed by atoms with Crippen molar-refractivity contribution in [1.82, 2.24) is 4.90 Å². The zero-order valence-corrected chi connectivity index (χ0v) is 8.57. The number of aliphatic hydroxyl groups excluding tert-OH is 1. The third-order valence-electron chi connectivity index (χ3n) is 2.08. The van der Waals surface area contributed by atoms with E-state index in [4.69, 9.17) is 0 Å². The molecule has 3 heteroatoms. The van der Waals surface area contributed by atoms with Crippen molar-refractivity contribution in [3.63, 3.8) is 0 Å². The van der Waals surface area contributed by atoms with Crippen LogP contribution in [-0.2, 0) is 0 Å². The Morgan fingerprint density at radius 3 is 2.71 bits per heavy atom. The molecule has 1 rings (SSSR count). The van der Waals surface area contributed by atoms with Gasteiger partial charge in [-0.1, -0.05) is 12.1 Å². The van der Waals surface area contributed by atoms with Gasteiger partial charge in [0.1, 0.15) is 5.82 Å². The molecule has 0 saturated carbocycles. The van der Waals surface area contributed by atoms with Crippen molar-refractivity contribution >= 4 is 0 Å². The number of benzene rings is 1. The van der Waals surface area contributed by atoms with Gasteiger partial charge in [-0.3, -0.25) is 0 Å². The van der Waals surface area contributed by atoms with Crippen molar-refractivity contribution in [2.45, 2.75) is 12.5 Å². The molecule has 1 N–H and O–H groups in total. The van der Waals surface area contributed by atoms with Crippen molar-refractivity contribution < 1.29 is 9.50 Å². The van der Waals surface area contributed by atoms with E-state index in [0.717, 1.165) is 6.54 Å². The second-order valence-electron chi connectivity index (χ2n) is 3.66. The second-order valence-corrected chi connectivity index (χ2v) is 3.66. The number of aliphatic hydroxyl groups is 1. The van der Waals surface area contributed by atoms with Gasteiger partial charge in [-0.25, -0.2) is 4.39 Å². The van der Waals surface area contributed by atoms with Crippen molar-refractivity contribution in [1.29, 1.82) is 0 Å². The first-order chi connectivity index (χ1) is 6.59. The van der Waals surface area contributed by atoms with E-state index in [0.29, 0.717) is 12.0 Å². The molecule has 0 aliphatic heterocycles. The van der Waals surface area contributed by atoms with E-state index < -0.39 is 6.10 Å². The molecule has 0 amide bonds. The number of hydrogen-bond donors (Lipinski definition) is 1. The van der Waals surface area contributed by atoms with E-state index in [1.54, 1.807) is 12.1 Å². The van der Waals surface area contributed by atoms with E-state index >= 15 is 0 Å². The fourth-order valence-corrected chi connectivity index (χ4v) is 1.26. The van der Waals surface area contributed by atoms with Crippen molar-refractivity contribution in [3.8, 4) is 0 Å². The van der Waals surface area contributed by atoms with Crippen LogP contribution in [0, 0.1) is 5.82 Å². The molecule has 1 aromatic carbocycles. The maximum Gasteiger partial charge on any atom is 0.123 e. The highest BCUT2D eigenvalue weighted by molar-refractivity contribution is 5.18. The molecule has 2 nitrogen and oxygen atoms in total. The largest absolute Gasteiger partial charge is 0.388 e. The monoisotopic (exact) mass is 197 g/mol. The summed E-state index contributed by atoms with van der Waals surface area (Å²) in [6, 6.07) is 6.11. The lowest BCUT2D eigenvalue weighted by atomic mass is 10.1. The van der Waals surface area contributed by atoms with E-state index in [1.165, 1.54) is 12.1 Å². The highest BCUT2D eigenvalue weighted by Crippen LogP contribution is 2.17. The van der Waals surface area contributed by atoms with Crippen LogP contribution in [0.4, 0.5) is 4.39 Å². The minimum absolute atomic E-state index is 0.300. The zero-order valence-electron chi connectivity index (χ0n) is 8.57. The minimum Gasteiger partial charge on any atom is -0.388 e. The molecule has 1 atom stereocenters. The van der Waals surface area contributed by atoms with E-state index in [-0.39, 0.29) is 5.82 Å². The first-order valence-corrected chi connectivity index (χ1v) is 4.68. The molecule has 0 aromatic heterocycles. The Morgan fingerprint density at radius 2 is 2.14 bits per heavy atom. The highest BCUT2D eigenvalue weighted by Gasteiger charge is 2.07. The predicted octanol–water partition coefficient (Wildman–Crippen LogP) is 1.81. The summed E-state index contributed by atoms with van der Waals surface area (Å²) in [7, 11) is 3.89. The number of hydrogen-bond acceptors (Lipinski definition) is 2. The smallest absolute Gasteiger partial charge is 0.123 e. The molecule has 78 valence electrons. The van der Waals surface area contributed by atoms with Gasteiger partial charge < -0.3 is 10.0 Å². The fourth-order valence-electron chi connectivity index (χ4n) is 1.26. The number of halogens is 1. The summed E-state index contributed by atoms with van der Waals surface area (Å²) in [6.45, 7) is 0.789. The van der Waals surface area contributed by atoms with Gasteiger partial charge >= 0.3 is 0 Å². The number of nitrogens with zero attached hydrogens (tertiary/aromatic N) is 1. The zero-order chi connectivity index (χ0) is 10.6. The Labute approximate surface area is 84.0 Å². The Bertz CT molecular complexity index is 288. The third kappa shape index (κ3) is 3.44. The van der Waals surface area contributed by atoms with Crippen LogP contribution in [0.15, 0.2) is 24.3 Å². The Kier molecular flexibility index (Phi) is 4.04. The summed E-state index contributed by atoms with van der Waals surface area (Å²) in [5, 5.41) is 9.70. The Morgan fingerprint density at radius 1 is 1.43 bits per heavy atom. The van der Waals surface area contributed by atoms with E-state index in [1.807, 2.05) is 19.0 Å². The molecule has 1 aromatic rings. The molecule has 0 aliphatic carbocycles. The molecule has 0 aliphatic rings. The third-order valence-corrected chi connectivity index (χ3v) is 2.08. The molecule has 0 saturated heterocycles. The van der Waals surface area contributed by atoms with Crippen LogP contribution in [0.25, 0.3) is 0 Å². The first kappa shape index (κ1) is 11.1. The van der Waals surface area contributed by atoms with Gasteiger partial charge in [0.15, 0.2) is 0 Å². The predicted molar refractivity (Wildman–Crippen MR) is 54.5 cm³/mol. The average molecular weight is 197 g/mol. The van der Waals surface area contributed by atoms with Crippen molar-refractivity contribution in [2.75, 3.05) is 20.6 Å². The topological polar surface area (TPSA) is 23.5 Å². The summed E-state index contributed by atoms with van der Waals surface area (Å²) in [5.74, 6) is -0.300. The molecular weight excluding hydrogens is 181 g/mol. The molecule has 0 bridgehead atoms. The SMILES string of the molecule is CN(C)CC[C@@H](O)c1cccc(F)c1. The van der Waals surface area contributed by atoms with E-state index in [9.17, 15) is 9.50 Å². The highest BCUT2D eigenvalue weighted by atomic mass is 19.1. The van der Waals surface area contributed by atoms with Crippen molar-refractivity contribution in [3.05, 3.63) is 35.6 Å². The minimum atomic E-state index is -0.576. The second kappa shape index (κ2) is 5.08. The van der Waals surface area contributed by atoms with Gasteiger partial charge in [-0.05, 0) is 38.2 Å². The lowest BCUT2D eigenvalue weighted by Gasteiger charge is -2.14. The van der Waals surface area contributed by atoms with Crippen LogP contribution in [0.5, 0.6) is 0 Å². The van der Waals surface area contributed by atoms with Crippen LogP contribution >= 0.6 is 0 Å². The molecule has 0 radical (unpaired) electrons. The first-order valence-electron chi connectivity index (χ1n) is 4.68. The maximum atomic E-state index is 12.8. The van der Waals surface area contributed by atoms with Gasteiger partial charge in [0.05, 0.1) is 6.10 Å². The van der Waals surface area contributed by atoms with Crippen LogP contribution in [-0.4, -0.2) is 30.6 Å². The van der Waals surface area contributed by atoms with Crippen LogP contribution in [0.2, 0.25) is 0 Å². The molecule has 0 heterocycles. The van der Waals surface area contributed by atoms with Crippen LogP contribution < -0.4 is 0 Å². The summed E-state index contributed by atoms with van der Waals surface area (Å²) < 4.78 is 12.8. The van der Waals surface area contributed by atoms with Crippen LogP contribution in [0.3, 0.4) is 0 Å². The summed E-state index contributed by atoms with van der Waals surface area (Å²) in [6.07, 6.45) is 0.0456. The van der Waals surface area contributed by atoms with Gasteiger partial charge in [0.2, 0.25) is 0 Å². The standard InChI is InChI=1S/C11H16FNO/c1-13(2)7-6-11(14)9-4-3-5-10(12)8-9/h3-5,8,11,14H,6-7H2,1-2H3/t11-/m1/s1. The van der Waals surface area contributed by atoms with Gasteiger partial charge in [0, 0.05) is 6.54 Å². The van der Waals surface area contributed by atoms with E-state index in [2.05, 4.69) is 0 Å². The van der Waals surface area contributed by atoms with Gasteiger partial charge in [-0.15, -0.1) is 0 Å². The van der Waals surface area contributed by atoms with Gasteiger partial charge in [-0.2, -0.15) is 0 Å². The molecule has 0 unspecified atom stereocenters.